The van der Waals surface area contributed by atoms with Crippen LogP contribution in [0.25, 0.3) is 0 Å². The molecule has 1 aliphatic rings. The summed E-state index contributed by atoms with van der Waals surface area (Å²) < 4.78 is 32.8. The van der Waals surface area contributed by atoms with Crippen LogP contribution < -0.4 is 0 Å². The van der Waals surface area contributed by atoms with Crippen LogP contribution in [-0.2, 0) is 9.47 Å². The molecule has 1 heterocycles. The Kier molecular flexibility index (Phi) is 2.36. The summed E-state index contributed by atoms with van der Waals surface area (Å²) in [5, 5.41) is 0. The third-order valence-electron chi connectivity index (χ3n) is 1.19. The predicted molar refractivity (Wildman–Crippen MR) is 26.3 cm³/mol. The van der Waals surface area contributed by atoms with E-state index in [0.717, 1.165) is 0 Å². The molecule has 0 N–H and O–H groups in total. The van der Waals surface area contributed by atoms with Gasteiger partial charge in [-0.1, -0.05) is 0 Å². The molecule has 1 aliphatic heterocycles. The number of alkyl halides is 2. The van der Waals surface area contributed by atoms with Crippen LogP contribution >= 0.6 is 0 Å². The number of ether oxygens (including phenoxy) is 2. The summed E-state index contributed by atoms with van der Waals surface area (Å²) in [7, 11) is 0. The van der Waals surface area contributed by atoms with Crippen LogP contribution in [-0.4, -0.2) is 26.4 Å². The van der Waals surface area contributed by atoms with Gasteiger partial charge in [0.15, 0.2) is 0 Å². The maximum atomic E-state index is 11.8. The molecule has 9 heavy (non-hydrogen) atoms. The van der Waals surface area contributed by atoms with Gasteiger partial charge in [-0.05, 0) is 0 Å². The quantitative estimate of drug-likeness (QED) is 0.535. The Bertz CT molecular complexity index is 81.0. The standard InChI is InChI=1S/C5H8F2O2/c6-5(7)4-1-8-3-9-2-4/h4-5H,1-3H2. The Morgan fingerprint density at radius 2 is 1.78 bits per heavy atom. The lowest BCUT2D eigenvalue weighted by atomic mass is 10.2. The first-order valence-corrected chi connectivity index (χ1v) is 2.74. The molecule has 1 rings (SSSR count). The van der Waals surface area contributed by atoms with Crippen LogP contribution in [0.3, 0.4) is 0 Å². The van der Waals surface area contributed by atoms with Gasteiger partial charge in [-0.15, -0.1) is 0 Å². The van der Waals surface area contributed by atoms with Crippen LogP contribution in [0, 0.1) is 5.92 Å². The summed E-state index contributed by atoms with van der Waals surface area (Å²) in [6.45, 7) is 0.401. The molecular formula is C5H8F2O2. The van der Waals surface area contributed by atoms with Crippen molar-refractivity contribution >= 4 is 0 Å². The average molecular weight is 138 g/mol. The Morgan fingerprint density at radius 3 is 2.11 bits per heavy atom. The van der Waals surface area contributed by atoms with Gasteiger partial charge in [0.05, 0.1) is 19.1 Å². The van der Waals surface area contributed by atoms with Gasteiger partial charge in [-0.25, -0.2) is 8.78 Å². The van der Waals surface area contributed by atoms with Crippen molar-refractivity contribution in [3.63, 3.8) is 0 Å². The highest BCUT2D eigenvalue weighted by Crippen LogP contribution is 2.13. The summed E-state index contributed by atoms with van der Waals surface area (Å²) in [5.41, 5.74) is 0. The van der Waals surface area contributed by atoms with Gasteiger partial charge in [-0.2, -0.15) is 0 Å². The Labute approximate surface area is 51.8 Å². The maximum absolute atomic E-state index is 11.8. The van der Waals surface area contributed by atoms with Gasteiger partial charge in [0.25, 0.3) is 0 Å². The van der Waals surface area contributed by atoms with Gasteiger partial charge in [-0.3, -0.25) is 0 Å². The zero-order chi connectivity index (χ0) is 6.69. The topological polar surface area (TPSA) is 18.5 Å². The van der Waals surface area contributed by atoms with Gasteiger partial charge >= 0.3 is 0 Å². The largest absolute Gasteiger partial charge is 0.355 e. The molecule has 0 aromatic carbocycles. The predicted octanol–water partition coefficient (Wildman–Crippen LogP) is 0.872. The normalized spacial score (nSPS) is 23.0. The van der Waals surface area contributed by atoms with Crippen molar-refractivity contribution in [1.29, 1.82) is 0 Å². The highest BCUT2D eigenvalue weighted by atomic mass is 19.3. The molecule has 0 aromatic rings. The SMILES string of the molecule is FC(F)C1COCOC1. The highest BCUT2D eigenvalue weighted by molar-refractivity contribution is 4.60. The summed E-state index contributed by atoms with van der Waals surface area (Å²) in [5.74, 6) is -0.723. The fraction of sp³-hybridized carbons (Fsp3) is 1.00. The molecule has 4 heteroatoms. The van der Waals surface area contributed by atoms with E-state index < -0.39 is 12.3 Å². The minimum absolute atomic E-state index is 0.123. The zero-order valence-electron chi connectivity index (χ0n) is 4.85. The highest BCUT2D eigenvalue weighted by Gasteiger charge is 2.23. The third kappa shape index (κ3) is 1.87. The van der Waals surface area contributed by atoms with Gasteiger partial charge in [0.1, 0.15) is 6.79 Å². The molecule has 1 saturated heterocycles. The summed E-state index contributed by atoms with van der Waals surface area (Å²) in [6.07, 6.45) is -2.31. The van der Waals surface area contributed by atoms with Crippen LogP contribution in [0.5, 0.6) is 0 Å². The molecule has 0 aliphatic carbocycles. The molecule has 54 valence electrons. The summed E-state index contributed by atoms with van der Waals surface area (Å²) in [6, 6.07) is 0. The first-order chi connectivity index (χ1) is 4.30. The first kappa shape index (κ1) is 6.89. The zero-order valence-corrected chi connectivity index (χ0v) is 4.85. The van der Waals surface area contributed by atoms with Crippen LogP contribution in [0.2, 0.25) is 0 Å². The van der Waals surface area contributed by atoms with E-state index in [1.807, 2.05) is 0 Å². The minimum Gasteiger partial charge on any atom is -0.355 e. The van der Waals surface area contributed by atoms with Crippen LogP contribution in [0.1, 0.15) is 0 Å². The molecule has 0 amide bonds. The van der Waals surface area contributed by atoms with Crippen molar-refractivity contribution in [2.45, 2.75) is 6.43 Å². The monoisotopic (exact) mass is 138 g/mol. The van der Waals surface area contributed by atoms with Crippen molar-refractivity contribution in [1.82, 2.24) is 0 Å². The molecule has 0 aromatic heterocycles. The Balaban J connectivity index is 2.23. The summed E-state index contributed by atoms with van der Waals surface area (Å²) in [4.78, 5) is 0. The minimum atomic E-state index is -2.31. The third-order valence-corrected chi connectivity index (χ3v) is 1.19. The fourth-order valence-electron chi connectivity index (χ4n) is 0.651. The molecule has 0 atom stereocenters. The van der Waals surface area contributed by atoms with E-state index in [1.54, 1.807) is 0 Å². The van der Waals surface area contributed by atoms with E-state index in [1.165, 1.54) is 0 Å². The number of hydrogen-bond donors (Lipinski definition) is 0. The Morgan fingerprint density at radius 1 is 1.22 bits per heavy atom. The van der Waals surface area contributed by atoms with Crippen molar-refractivity contribution in [2.24, 2.45) is 5.92 Å². The van der Waals surface area contributed by atoms with Crippen molar-refractivity contribution in [3.05, 3.63) is 0 Å². The Hall–Kier alpha value is -0.220. The van der Waals surface area contributed by atoms with Crippen molar-refractivity contribution in [3.8, 4) is 0 Å². The van der Waals surface area contributed by atoms with Gasteiger partial charge in [0.2, 0.25) is 6.43 Å². The van der Waals surface area contributed by atoms with E-state index in [-0.39, 0.29) is 20.0 Å². The van der Waals surface area contributed by atoms with Gasteiger partial charge in [0, 0.05) is 0 Å². The van der Waals surface area contributed by atoms with E-state index >= 15 is 0 Å². The molecule has 1 fully saturated rings. The lowest BCUT2D eigenvalue weighted by Crippen LogP contribution is -2.29. The second-order valence-corrected chi connectivity index (χ2v) is 1.95. The van der Waals surface area contributed by atoms with E-state index in [0.29, 0.717) is 0 Å². The molecule has 0 spiro atoms. The van der Waals surface area contributed by atoms with Crippen molar-refractivity contribution in [2.75, 3.05) is 20.0 Å². The van der Waals surface area contributed by atoms with E-state index in [2.05, 4.69) is 9.47 Å². The molecule has 0 unspecified atom stereocenters. The van der Waals surface area contributed by atoms with E-state index in [9.17, 15) is 8.78 Å². The molecule has 0 saturated carbocycles. The summed E-state index contributed by atoms with van der Waals surface area (Å²) >= 11 is 0. The van der Waals surface area contributed by atoms with Crippen LogP contribution in [0.15, 0.2) is 0 Å². The first-order valence-electron chi connectivity index (χ1n) is 2.74. The number of rotatable bonds is 1. The second-order valence-electron chi connectivity index (χ2n) is 1.95. The van der Waals surface area contributed by atoms with Gasteiger partial charge < -0.3 is 9.47 Å². The second kappa shape index (κ2) is 3.08. The fourth-order valence-corrected chi connectivity index (χ4v) is 0.651. The molecule has 0 radical (unpaired) electrons. The molecule has 0 bridgehead atoms. The molecule has 2 nitrogen and oxygen atoms in total. The molecular weight excluding hydrogens is 130 g/mol. The number of halogens is 2. The van der Waals surface area contributed by atoms with Crippen LogP contribution in [0.4, 0.5) is 8.78 Å². The lowest BCUT2D eigenvalue weighted by Gasteiger charge is -2.20. The smallest absolute Gasteiger partial charge is 0.245 e. The lowest BCUT2D eigenvalue weighted by molar-refractivity contribution is -0.154. The average Bonchev–Trinajstić information content (AvgIpc) is 1.90. The van der Waals surface area contributed by atoms with Crippen molar-refractivity contribution < 1.29 is 18.3 Å². The number of hydrogen-bond acceptors (Lipinski definition) is 2. The van der Waals surface area contributed by atoms with E-state index in [4.69, 9.17) is 0 Å². The maximum Gasteiger partial charge on any atom is 0.245 e.